The van der Waals surface area contributed by atoms with Crippen LogP contribution in [0.1, 0.15) is 25.5 Å². The molecule has 2 aliphatic rings. The van der Waals surface area contributed by atoms with Crippen LogP contribution in [0.2, 0.25) is 0 Å². The van der Waals surface area contributed by atoms with E-state index in [-0.39, 0.29) is 30.5 Å². The van der Waals surface area contributed by atoms with E-state index >= 15 is 0 Å². The second kappa shape index (κ2) is 8.60. The Labute approximate surface area is 165 Å². The van der Waals surface area contributed by atoms with Crippen molar-refractivity contribution in [1.29, 1.82) is 0 Å². The molecule has 1 aromatic rings. The van der Waals surface area contributed by atoms with Gasteiger partial charge in [-0.2, -0.15) is 0 Å². The Hall–Kier alpha value is -2.61. The molecule has 2 saturated heterocycles. The van der Waals surface area contributed by atoms with Crippen molar-refractivity contribution in [3.05, 3.63) is 35.9 Å². The van der Waals surface area contributed by atoms with Crippen LogP contribution in [0.25, 0.3) is 0 Å². The Morgan fingerprint density at radius 2 is 1.93 bits per heavy atom. The molecule has 8 nitrogen and oxygen atoms in total. The Kier molecular flexibility index (Phi) is 6.18. The number of morpholine rings is 1. The molecule has 2 fully saturated rings. The van der Waals surface area contributed by atoms with Gasteiger partial charge in [-0.1, -0.05) is 30.3 Å². The molecule has 2 heterocycles. The van der Waals surface area contributed by atoms with E-state index in [9.17, 15) is 14.4 Å². The Morgan fingerprint density at radius 1 is 1.21 bits per heavy atom. The van der Waals surface area contributed by atoms with Crippen LogP contribution in [-0.4, -0.2) is 84.5 Å². The lowest BCUT2D eigenvalue weighted by Crippen LogP contribution is -2.56. The van der Waals surface area contributed by atoms with Gasteiger partial charge in [0.1, 0.15) is 6.61 Å². The Bertz CT molecular complexity index is 724. The summed E-state index contributed by atoms with van der Waals surface area (Å²) in [6, 6.07) is 8.91. The van der Waals surface area contributed by atoms with Crippen molar-refractivity contribution in [2.24, 2.45) is 0 Å². The summed E-state index contributed by atoms with van der Waals surface area (Å²) in [5.41, 5.74) is 0.862. The number of carbonyl (C=O) groups excluding carboxylic acids is 3. The predicted octanol–water partition coefficient (Wildman–Crippen LogP) is 0.847. The van der Waals surface area contributed by atoms with Gasteiger partial charge in [0.25, 0.3) is 5.91 Å². The van der Waals surface area contributed by atoms with Gasteiger partial charge in [0.05, 0.1) is 6.04 Å². The molecule has 152 valence electrons. The van der Waals surface area contributed by atoms with Crippen LogP contribution in [-0.2, 0) is 14.3 Å². The fourth-order valence-electron chi connectivity index (χ4n) is 3.77. The highest BCUT2D eigenvalue weighted by Crippen LogP contribution is 2.32. The number of urea groups is 1. The van der Waals surface area contributed by atoms with Crippen LogP contribution in [0.3, 0.4) is 0 Å². The molecule has 0 unspecified atom stereocenters. The molecule has 4 amide bonds. The third-order valence-electron chi connectivity index (χ3n) is 5.20. The van der Waals surface area contributed by atoms with E-state index in [1.165, 1.54) is 0 Å². The molecule has 1 N–H and O–H groups in total. The average molecular weight is 388 g/mol. The summed E-state index contributed by atoms with van der Waals surface area (Å²) in [4.78, 5) is 42.4. The lowest BCUT2D eigenvalue weighted by Gasteiger charge is -2.42. The maximum Gasteiger partial charge on any atom is 0.319 e. The van der Waals surface area contributed by atoms with Crippen molar-refractivity contribution in [2.75, 3.05) is 39.8 Å². The van der Waals surface area contributed by atoms with E-state index in [1.54, 1.807) is 21.7 Å². The molecule has 2 atom stereocenters. The number of benzene rings is 1. The highest BCUT2D eigenvalue weighted by atomic mass is 16.5. The third kappa shape index (κ3) is 4.11. The van der Waals surface area contributed by atoms with Crippen LogP contribution in [0.5, 0.6) is 0 Å². The number of rotatable bonds is 6. The molecule has 0 aliphatic carbocycles. The zero-order valence-corrected chi connectivity index (χ0v) is 16.6. The fraction of sp³-hybridized carbons (Fsp3) is 0.550. The summed E-state index contributed by atoms with van der Waals surface area (Å²) >= 11 is 0. The number of nitrogens with zero attached hydrogens (tertiary/aromatic N) is 3. The molecule has 8 heteroatoms. The molecule has 0 aromatic heterocycles. The van der Waals surface area contributed by atoms with Gasteiger partial charge in [0.15, 0.2) is 6.10 Å². The van der Waals surface area contributed by atoms with E-state index in [0.717, 1.165) is 5.56 Å². The first-order valence-electron chi connectivity index (χ1n) is 9.65. The highest BCUT2D eigenvalue weighted by molar-refractivity contribution is 5.86. The summed E-state index contributed by atoms with van der Waals surface area (Å²) in [5, 5.41) is 2.87. The van der Waals surface area contributed by atoms with Gasteiger partial charge in [-0.05, 0) is 19.4 Å². The minimum Gasteiger partial charge on any atom is -0.356 e. The first-order chi connectivity index (χ1) is 13.4. The van der Waals surface area contributed by atoms with Crippen LogP contribution in [0.15, 0.2) is 30.3 Å². The lowest BCUT2D eigenvalue weighted by atomic mass is 9.96. The van der Waals surface area contributed by atoms with Crippen molar-refractivity contribution >= 4 is 17.8 Å². The number of hydrogen-bond donors (Lipinski definition) is 1. The molecule has 28 heavy (non-hydrogen) atoms. The molecule has 0 radical (unpaired) electrons. The van der Waals surface area contributed by atoms with Crippen LogP contribution in [0.4, 0.5) is 4.79 Å². The van der Waals surface area contributed by atoms with Gasteiger partial charge in [0.2, 0.25) is 5.91 Å². The van der Waals surface area contributed by atoms with Gasteiger partial charge in [-0.3, -0.25) is 9.59 Å². The second-order valence-corrected chi connectivity index (χ2v) is 7.46. The molecular weight excluding hydrogens is 360 g/mol. The van der Waals surface area contributed by atoms with Gasteiger partial charge < -0.3 is 24.8 Å². The monoisotopic (exact) mass is 388 g/mol. The van der Waals surface area contributed by atoms with Crippen LogP contribution in [0, 0.1) is 0 Å². The smallest absolute Gasteiger partial charge is 0.319 e. The second-order valence-electron chi connectivity index (χ2n) is 7.46. The fourth-order valence-corrected chi connectivity index (χ4v) is 3.77. The van der Waals surface area contributed by atoms with Crippen molar-refractivity contribution in [3.8, 4) is 0 Å². The average Bonchev–Trinajstić information content (AvgIpc) is 3.00. The zero-order valence-electron chi connectivity index (χ0n) is 16.6. The predicted molar refractivity (Wildman–Crippen MR) is 104 cm³/mol. The highest BCUT2D eigenvalue weighted by Gasteiger charge is 2.42. The van der Waals surface area contributed by atoms with E-state index < -0.39 is 12.1 Å². The maximum atomic E-state index is 12.9. The van der Waals surface area contributed by atoms with Crippen molar-refractivity contribution in [3.63, 3.8) is 0 Å². The lowest BCUT2D eigenvalue weighted by molar-refractivity contribution is -0.167. The van der Waals surface area contributed by atoms with Gasteiger partial charge in [0, 0.05) is 39.3 Å². The standard InChI is InChI=1S/C20H28N4O4/c1-14(2)24-16(25)13-28-18(17(24)15-7-5-4-6-8-15)19(26)21-9-10-23-12-11-22(3)20(23)27/h4-8,14,17-18H,9-13H2,1-3H3,(H,21,26)/t17-,18+/m1/s1. The van der Waals surface area contributed by atoms with Crippen molar-refractivity contribution in [2.45, 2.75) is 32.0 Å². The van der Waals surface area contributed by atoms with E-state index in [0.29, 0.717) is 26.2 Å². The molecular formula is C20H28N4O4. The van der Waals surface area contributed by atoms with Gasteiger partial charge in [-0.25, -0.2) is 4.79 Å². The number of carbonyl (C=O) groups is 3. The van der Waals surface area contributed by atoms with Crippen molar-refractivity contribution < 1.29 is 19.1 Å². The molecule has 2 aliphatic heterocycles. The summed E-state index contributed by atoms with van der Waals surface area (Å²) in [6.07, 6.45) is -0.792. The maximum absolute atomic E-state index is 12.9. The summed E-state index contributed by atoms with van der Waals surface area (Å²) in [6.45, 7) is 5.90. The molecule has 1 aromatic carbocycles. The molecule has 0 saturated carbocycles. The quantitative estimate of drug-likeness (QED) is 0.783. The number of ether oxygens (including phenoxy) is 1. The summed E-state index contributed by atoms with van der Waals surface area (Å²) in [5.74, 6) is -0.398. The molecule has 0 spiro atoms. The van der Waals surface area contributed by atoms with E-state index in [1.807, 2.05) is 44.2 Å². The largest absolute Gasteiger partial charge is 0.356 e. The van der Waals surface area contributed by atoms with Crippen molar-refractivity contribution in [1.82, 2.24) is 20.0 Å². The minimum atomic E-state index is -0.792. The number of amides is 4. The summed E-state index contributed by atoms with van der Waals surface area (Å²) in [7, 11) is 1.76. The van der Waals surface area contributed by atoms with Gasteiger partial charge >= 0.3 is 6.03 Å². The number of likely N-dealkylation sites (N-methyl/N-ethyl adjacent to an activating group) is 1. The third-order valence-corrected chi connectivity index (χ3v) is 5.20. The van der Waals surface area contributed by atoms with Crippen LogP contribution >= 0.6 is 0 Å². The normalized spacial score (nSPS) is 22.9. The molecule has 0 bridgehead atoms. The zero-order chi connectivity index (χ0) is 20.3. The topological polar surface area (TPSA) is 82.2 Å². The Balaban J connectivity index is 1.70. The van der Waals surface area contributed by atoms with Crippen LogP contribution < -0.4 is 5.32 Å². The number of hydrogen-bond acceptors (Lipinski definition) is 4. The number of nitrogens with one attached hydrogen (secondary N) is 1. The van der Waals surface area contributed by atoms with E-state index in [2.05, 4.69) is 5.32 Å². The first-order valence-corrected chi connectivity index (χ1v) is 9.65. The molecule has 3 rings (SSSR count). The summed E-state index contributed by atoms with van der Waals surface area (Å²) < 4.78 is 5.67. The minimum absolute atomic E-state index is 0.0260. The Morgan fingerprint density at radius 3 is 2.54 bits per heavy atom. The van der Waals surface area contributed by atoms with Gasteiger partial charge in [-0.15, -0.1) is 0 Å². The van der Waals surface area contributed by atoms with E-state index in [4.69, 9.17) is 4.74 Å². The first kappa shape index (κ1) is 20.1. The SMILES string of the molecule is CC(C)N1C(=O)CO[C@H](C(=O)NCCN2CCN(C)C2=O)[C@H]1c1ccccc1.